The molecule has 0 saturated heterocycles. The number of nitrogens with zero attached hydrogens (tertiary/aromatic N) is 2. The van der Waals surface area contributed by atoms with E-state index in [1.54, 1.807) is 11.3 Å². The van der Waals surface area contributed by atoms with E-state index in [2.05, 4.69) is 41.4 Å². The van der Waals surface area contributed by atoms with Crippen molar-refractivity contribution in [2.24, 2.45) is 10.7 Å². The molecule has 1 heterocycles. The summed E-state index contributed by atoms with van der Waals surface area (Å²) < 4.78 is 0. The summed E-state index contributed by atoms with van der Waals surface area (Å²) in [7, 11) is 0. The molecular weight excluding hydrogens is 407 g/mol. The van der Waals surface area contributed by atoms with Crippen LogP contribution >= 0.6 is 35.3 Å². The Balaban J connectivity index is 0.00000242. The van der Waals surface area contributed by atoms with E-state index in [1.807, 2.05) is 31.2 Å². The fraction of sp³-hybridized carbons (Fsp3) is 0.375. The van der Waals surface area contributed by atoms with Crippen molar-refractivity contribution in [1.82, 2.24) is 4.98 Å². The number of aryl methyl sites for hydroxylation is 1. The van der Waals surface area contributed by atoms with Crippen LogP contribution in [0, 0.1) is 6.92 Å². The van der Waals surface area contributed by atoms with Crippen LogP contribution in [-0.4, -0.2) is 10.9 Å². The Labute approximate surface area is 153 Å². The molecular formula is C16H23IN4S. The van der Waals surface area contributed by atoms with Crippen molar-refractivity contribution < 1.29 is 0 Å². The highest BCUT2D eigenvalue weighted by Gasteiger charge is 2.17. The van der Waals surface area contributed by atoms with Gasteiger partial charge in [-0.1, -0.05) is 32.9 Å². The fourth-order valence-corrected chi connectivity index (χ4v) is 2.74. The lowest BCUT2D eigenvalue weighted by Gasteiger charge is -2.14. The van der Waals surface area contributed by atoms with Crippen molar-refractivity contribution >= 4 is 47.0 Å². The zero-order valence-corrected chi connectivity index (χ0v) is 16.5. The number of hydrogen-bond donors (Lipinski definition) is 2. The zero-order chi connectivity index (χ0) is 15.5. The minimum Gasteiger partial charge on any atom is -0.370 e. The Morgan fingerprint density at radius 3 is 2.68 bits per heavy atom. The molecule has 0 radical (unpaired) electrons. The molecule has 0 saturated carbocycles. The molecule has 3 N–H and O–H groups in total. The fourth-order valence-electron chi connectivity index (χ4n) is 1.79. The second kappa shape index (κ2) is 7.92. The normalized spacial score (nSPS) is 11.9. The lowest BCUT2D eigenvalue weighted by Crippen LogP contribution is -2.22. The summed E-state index contributed by atoms with van der Waals surface area (Å²) in [5.74, 6) is 0.410. The predicted octanol–water partition coefficient (Wildman–Crippen LogP) is 4.29. The molecule has 2 aromatic rings. The van der Waals surface area contributed by atoms with Crippen molar-refractivity contribution in [3.8, 4) is 0 Å². The van der Waals surface area contributed by atoms with Gasteiger partial charge in [-0.3, -0.25) is 0 Å². The van der Waals surface area contributed by atoms with E-state index in [-0.39, 0.29) is 29.4 Å². The summed E-state index contributed by atoms with van der Waals surface area (Å²) in [5, 5.41) is 6.17. The Bertz CT molecular complexity index is 644. The van der Waals surface area contributed by atoms with Crippen LogP contribution in [0.1, 0.15) is 37.0 Å². The molecule has 0 atom stereocenters. The van der Waals surface area contributed by atoms with Gasteiger partial charge in [0.2, 0.25) is 0 Å². The lowest BCUT2D eigenvalue weighted by atomic mass is 9.93. The van der Waals surface area contributed by atoms with Gasteiger partial charge < -0.3 is 11.1 Å². The first-order valence-corrected chi connectivity index (χ1v) is 7.81. The van der Waals surface area contributed by atoms with Crippen LogP contribution < -0.4 is 11.1 Å². The van der Waals surface area contributed by atoms with Gasteiger partial charge in [-0.05, 0) is 24.6 Å². The number of hydrogen-bond acceptors (Lipinski definition) is 3. The van der Waals surface area contributed by atoms with Crippen LogP contribution in [0.5, 0.6) is 0 Å². The second-order valence-electron chi connectivity index (χ2n) is 6.07. The van der Waals surface area contributed by atoms with Crippen LogP contribution in [0.4, 0.5) is 5.69 Å². The van der Waals surface area contributed by atoms with Crippen LogP contribution in [0.3, 0.4) is 0 Å². The molecule has 22 heavy (non-hydrogen) atoms. The Morgan fingerprint density at radius 1 is 1.36 bits per heavy atom. The van der Waals surface area contributed by atoms with Crippen LogP contribution in [0.15, 0.2) is 34.6 Å². The van der Waals surface area contributed by atoms with Crippen molar-refractivity contribution in [1.29, 1.82) is 0 Å². The number of benzene rings is 1. The average Bonchev–Trinajstić information content (AvgIpc) is 2.85. The van der Waals surface area contributed by atoms with Gasteiger partial charge in [0.15, 0.2) is 5.96 Å². The van der Waals surface area contributed by atoms with Gasteiger partial charge in [-0.2, -0.15) is 0 Å². The van der Waals surface area contributed by atoms with E-state index in [1.165, 1.54) is 5.56 Å². The minimum atomic E-state index is 0. The molecule has 120 valence electrons. The van der Waals surface area contributed by atoms with Gasteiger partial charge in [0.1, 0.15) is 5.01 Å². The van der Waals surface area contributed by atoms with Crippen molar-refractivity contribution in [2.45, 2.75) is 39.7 Å². The molecule has 0 aliphatic heterocycles. The third-order valence-electron chi connectivity index (χ3n) is 3.00. The van der Waals surface area contributed by atoms with Crippen molar-refractivity contribution in [2.75, 3.05) is 5.32 Å². The highest BCUT2D eigenvalue weighted by molar-refractivity contribution is 14.0. The largest absolute Gasteiger partial charge is 0.370 e. The number of aromatic nitrogens is 1. The van der Waals surface area contributed by atoms with E-state index >= 15 is 0 Å². The van der Waals surface area contributed by atoms with Gasteiger partial charge in [-0.15, -0.1) is 35.3 Å². The first-order chi connectivity index (χ1) is 9.84. The van der Waals surface area contributed by atoms with Crippen LogP contribution in [0.25, 0.3) is 0 Å². The number of guanidine groups is 1. The summed E-state index contributed by atoms with van der Waals surface area (Å²) in [6.07, 6.45) is 0. The molecule has 0 bridgehead atoms. The number of nitrogens with two attached hydrogens (primary N) is 1. The Morgan fingerprint density at radius 2 is 2.09 bits per heavy atom. The quantitative estimate of drug-likeness (QED) is 0.434. The van der Waals surface area contributed by atoms with E-state index in [0.717, 1.165) is 16.4 Å². The van der Waals surface area contributed by atoms with Gasteiger partial charge >= 0.3 is 0 Å². The minimum absolute atomic E-state index is 0. The maximum atomic E-state index is 5.91. The lowest BCUT2D eigenvalue weighted by molar-refractivity contribution is 0.571. The molecule has 0 amide bonds. The monoisotopic (exact) mass is 430 g/mol. The molecule has 0 fully saturated rings. The SMILES string of the molecule is Cc1cccc(NC(N)=NCc2nc(C(C)(C)C)cs2)c1.I. The third-order valence-corrected chi connectivity index (χ3v) is 3.83. The standard InChI is InChI=1S/C16H22N4S.HI/c1-11-6-5-7-12(8-11)19-15(17)18-9-14-20-13(10-21-14)16(2,3)4;/h5-8,10H,9H2,1-4H3,(H3,17,18,19);1H. The highest BCUT2D eigenvalue weighted by Crippen LogP contribution is 2.24. The number of nitrogens with one attached hydrogen (secondary N) is 1. The summed E-state index contributed by atoms with van der Waals surface area (Å²) >= 11 is 1.63. The molecule has 0 aliphatic carbocycles. The van der Waals surface area contributed by atoms with Crippen LogP contribution in [0.2, 0.25) is 0 Å². The number of anilines is 1. The van der Waals surface area contributed by atoms with Crippen LogP contribution in [-0.2, 0) is 12.0 Å². The molecule has 4 nitrogen and oxygen atoms in total. The van der Waals surface area contributed by atoms with Gasteiger partial charge in [-0.25, -0.2) is 9.98 Å². The maximum Gasteiger partial charge on any atom is 0.193 e. The summed E-state index contributed by atoms with van der Waals surface area (Å²) in [6, 6.07) is 8.03. The zero-order valence-electron chi connectivity index (χ0n) is 13.4. The summed E-state index contributed by atoms with van der Waals surface area (Å²) in [4.78, 5) is 8.95. The molecule has 0 aliphatic rings. The van der Waals surface area contributed by atoms with Gasteiger partial charge in [0, 0.05) is 16.5 Å². The van der Waals surface area contributed by atoms with Gasteiger partial charge in [0.25, 0.3) is 0 Å². The van der Waals surface area contributed by atoms with E-state index in [9.17, 15) is 0 Å². The molecule has 1 aromatic carbocycles. The second-order valence-corrected chi connectivity index (χ2v) is 7.02. The molecule has 1 aromatic heterocycles. The predicted molar refractivity (Wildman–Crippen MR) is 106 cm³/mol. The van der Waals surface area contributed by atoms with E-state index < -0.39 is 0 Å². The Kier molecular flexibility index (Phi) is 6.80. The first-order valence-electron chi connectivity index (χ1n) is 6.93. The highest BCUT2D eigenvalue weighted by atomic mass is 127. The molecule has 0 spiro atoms. The Hall–Kier alpha value is -1.15. The third kappa shape index (κ3) is 5.57. The van der Waals surface area contributed by atoms with Crippen molar-refractivity contribution in [3.05, 3.63) is 45.9 Å². The number of aliphatic imine (C=N–C) groups is 1. The number of halogens is 1. The van der Waals surface area contributed by atoms with E-state index in [4.69, 9.17) is 5.73 Å². The summed E-state index contributed by atoms with van der Waals surface area (Å²) in [5.41, 5.74) is 9.22. The maximum absolute atomic E-state index is 5.91. The molecule has 2 rings (SSSR count). The molecule has 6 heteroatoms. The van der Waals surface area contributed by atoms with Crippen molar-refractivity contribution in [3.63, 3.8) is 0 Å². The average molecular weight is 430 g/mol. The number of rotatable bonds is 3. The topological polar surface area (TPSA) is 63.3 Å². The smallest absolute Gasteiger partial charge is 0.193 e. The first kappa shape index (κ1) is 18.9. The van der Waals surface area contributed by atoms with E-state index in [0.29, 0.717) is 12.5 Å². The number of thiazole rings is 1. The summed E-state index contributed by atoms with van der Waals surface area (Å²) in [6.45, 7) is 9.02. The van der Waals surface area contributed by atoms with Gasteiger partial charge in [0.05, 0.1) is 12.2 Å². The molecule has 0 unspecified atom stereocenters.